The second kappa shape index (κ2) is 13.3. The summed E-state index contributed by atoms with van der Waals surface area (Å²) in [7, 11) is 18.7. The number of nitrogens with zero attached hydrogens (tertiary/aromatic N) is 3. The molecule has 0 fully saturated rings. The second-order valence-electron chi connectivity index (χ2n) is 6.11. The Labute approximate surface area is 212 Å². The van der Waals surface area contributed by atoms with Crippen LogP contribution in [0.2, 0.25) is 0 Å². The number of halogens is 3. The Hall–Kier alpha value is -2.65. The molecule has 0 atom stereocenters. The van der Waals surface area contributed by atoms with Crippen molar-refractivity contribution < 1.29 is 41.6 Å². The molecule has 0 saturated heterocycles. The van der Waals surface area contributed by atoms with E-state index in [4.69, 9.17) is 43.3 Å². The average Bonchev–Trinajstić information content (AvgIpc) is 2.86. The summed E-state index contributed by atoms with van der Waals surface area (Å²) in [6, 6.07) is 8.98. The van der Waals surface area contributed by atoms with E-state index >= 15 is 0 Å². The van der Waals surface area contributed by atoms with Gasteiger partial charge in [-0.3, -0.25) is 9.97 Å². The summed E-state index contributed by atoms with van der Waals surface area (Å²) < 4.78 is 14.3. The number of hydrogen-bond donors (Lipinski definition) is 0. The van der Waals surface area contributed by atoms with E-state index in [2.05, 4.69) is 15.0 Å². The molecule has 0 saturated carbocycles. The van der Waals surface area contributed by atoms with Crippen LogP contribution in [0.4, 0.5) is 0 Å². The number of hydrogen-bond acceptors (Lipinski definition) is 9. The maximum absolute atomic E-state index is 12.2. The molecule has 3 heterocycles. The second-order valence-corrected chi connectivity index (χ2v) is 14.0. The van der Waals surface area contributed by atoms with Gasteiger partial charge in [0.2, 0.25) is 0 Å². The zero-order valence-corrected chi connectivity index (χ0v) is 21.9. The van der Waals surface area contributed by atoms with Crippen molar-refractivity contribution in [1.82, 2.24) is 15.0 Å². The molecule has 13 heteroatoms. The Balaban J connectivity index is 0.000000945. The van der Waals surface area contributed by atoms with Crippen LogP contribution in [0, 0.1) is 0 Å². The molecule has 0 bridgehead atoms. The topological polar surface area (TPSA) is 118 Å². The number of aromatic nitrogens is 3. The fourth-order valence-electron chi connectivity index (χ4n) is 2.66. The number of pyridine rings is 3. The molecule has 0 radical (unpaired) electrons. The molecule has 3 aromatic heterocycles. The van der Waals surface area contributed by atoms with Gasteiger partial charge in [0.1, 0.15) is 0 Å². The molecule has 0 aliphatic carbocycles. The monoisotopic (exact) mass is 614 g/mol. The van der Waals surface area contributed by atoms with Crippen molar-refractivity contribution in [3.8, 4) is 22.8 Å². The van der Waals surface area contributed by atoms with Crippen molar-refractivity contribution in [2.75, 3.05) is 21.3 Å². The number of ether oxygens (including phenoxy) is 3. The SMILES string of the molecule is COC(=O)c1ccnc(-c2cc(C(=O)OC)cc(-c3cc(C(=O)OC)ccn3)n2)c1.[Cl][Ru]([Cl])[Cl]. The third kappa shape index (κ3) is 7.70. The molecular weight excluding hydrogens is 598 g/mol. The van der Waals surface area contributed by atoms with Crippen LogP contribution in [0.25, 0.3) is 22.8 Å². The molecule has 9 nitrogen and oxygen atoms in total. The Morgan fingerprint density at radius 2 is 0.971 bits per heavy atom. The van der Waals surface area contributed by atoms with E-state index in [1.807, 2.05) is 0 Å². The van der Waals surface area contributed by atoms with Crippen LogP contribution < -0.4 is 0 Å². The van der Waals surface area contributed by atoms with E-state index in [0.717, 1.165) is 0 Å². The van der Waals surface area contributed by atoms with Gasteiger partial charge in [-0.25, -0.2) is 19.4 Å². The molecule has 0 spiro atoms. The quantitative estimate of drug-likeness (QED) is 0.230. The van der Waals surface area contributed by atoms with Crippen molar-refractivity contribution in [1.29, 1.82) is 0 Å². The van der Waals surface area contributed by atoms with Gasteiger partial charge < -0.3 is 14.2 Å². The zero-order valence-electron chi connectivity index (χ0n) is 17.9. The van der Waals surface area contributed by atoms with Crippen LogP contribution in [0.3, 0.4) is 0 Å². The van der Waals surface area contributed by atoms with Gasteiger partial charge >= 0.3 is 60.0 Å². The summed E-state index contributed by atoms with van der Waals surface area (Å²) in [6.07, 6.45) is 2.87. The van der Waals surface area contributed by atoms with Crippen molar-refractivity contribution in [3.05, 3.63) is 65.5 Å². The van der Waals surface area contributed by atoms with Crippen LogP contribution in [0.1, 0.15) is 31.1 Å². The van der Waals surface area contributed by atoms with E-state index in [1.54, 1.807) is 0 Å². The summed E-state index contributed by atoms with van der Waals surface area (Å²) in [5.41, 5.74) is 2.06. The molecule has 3 aromatic rings. The summed E-state index contributed by atoms with van der Waals surface area (Å²) in [5, 5.41) is 0. The summed E-state index contributed by atoms with van der Waals surface area (Å²) in [4.78, 5) is 48.8. The van der Waals surface area contributed by atoms with Crippen LogP contribution in [-0.4, -0.2) is 54.2 Å². The normalized spacial score (nSPS) is 10.4. The Bertz CT molecular complexity index is 1120. The standard InChI is InChI=1S/C21H17N3O6.3ClH.Ru/c1-28-19(25)12-4-6-22-15(8-12)17-10-14(21(27)30-3)11-18(24-17)16-9-13(5-7-23-16)20(26)29-2;;;;/h4-11H,1-3H3;3*1H;/q;;;;+3/p-3. The van der Waals surface area contributed by atoms with Crippen LogP contribution >= 0.6 is 29.1 Å². The first kappa shape index (κ1) is 27.6. The van der Waals surface area contributed by atoms with Gasteiger partial charge in [0, 0.05) is 12.4 Å². The fraction of sp³-hybridized carbons (Fsp3) is 0.143. The third-order valence-corrected chi connectivity index (χ3v) is 4.13. The summed E-state index contributed by atoms with van der Waals surface area (Å²) in [5.74, 6) is -1.65. The first-order valence-corrected chi connectivity index (χ1v) is 15.8. The van der Waals surface area contributed by atoms with Gasteiger partial charge in [-0.1, -0.05) is 0 Å². The number of carbonyl (C=O) groups excluding carboxylic acids is 3. The van der Waals surface area contributed by atoms with Gasteiger partial charge in [-0.2, -0.15) is 0 Å². The summed E-state index contributed by atoms with van der Waals surface area (Å²) in [6.45, 7) is 0. The number of methoxy groups -OCH3 is 3. The first-order chi connectivity index (χ1) is 16.2. The molecule has 34 heavy (non-hydrogen) atoms. The molecular formula is C21H17Cl3N3O6Ru. The molecule has 181 valence electrons. The van der Waals surface area contributed by atoms with Crippen LogP contribution in [-0.2, 0) is 27.2 Å². The molecule has 0 amide bonds. The molecule has 0 unspecified atom stereocenters. The number of esters is 3. The summed E-state index contributed by atoms with van der Waals surface area (Å²) >= 11 is -1.75. The molecule has 3 rings (SSSR count). The van der Waals surface area contributed by atoms with E-state index in [-0.39, 0.29) is 16.7 Å². The van der Waals surface area contributed by atoms with Crippen molar-refractivity contribution >= 4 is 47.0 Å². The molecule has 0 aliphatic heterocycles. The van der Waals surface area contributed by atoms with E-state index in [1.165, 1.54) is 70.1 Å². The maximum atomic E-state index is 12.2. The third-order valence-electron chi connectivity index (χ3n) is 4.13. The van der Waals surface area contributed by atoms with Crippen molar-refractivity contribution in [3.63, 3.8) is 0 Å². The average molecular weight is 615 g/mol. The van der Waals surface area contributed by atoms with Crippen LogP contribution in [0.15, 0.2) is 48.8 Å². The predicted octanol–water partition coefficient (Wildman–Crippen LogP) is 4.63. The van der Waals surface area contributed by atoms with Gasteiger partial charge in [-0.15, -0.1) is 0 Å². The van der Waals surface area contributed by atoms with E-state index in [9.17, 15) is 14.4 Å². The van der Waals surface area contributed by atoms with Gasteiger partial charge in [0.05, 0.1) is 60.8 Å². The van der Waals surface area contributed by atoms with Crippen LogP contribution in [0.5, 0.6) is 0 Å². The van der Waals surface area contributed by atoms with E-state index in [0.29, 0.717) is 22.8 Å². The van der Waals surface area contributed by atoms with Crippen molar-refractivity contribution in [2.24, 2.45) is 0 Å². The minimum atomic E-state index is -1.75. The first-order valence-electron chi connectivity index (χ1n) is 9.06. The van der Waals surface area contributed by atoms with Gasteiger partial charge in [0.15, 0.2) is 0 Å². The Kier molecular flexibility index (Phi) is 10.8. The van der Waals surface area contributed by atoms with Crippen molar-refractivity contribution in [2.45, 2.75) is 0 Å². The number of rotatable bonds is 5. The number of carbonyl (C=O) groups is 3. The fourth-order valence-corrected chi connectivity index (χ4v) is 2.66. The molecule has 0 aliphatic rings. The van der Waals surface area contributed by atoms with Gasteiger partial charge in [0.25, 0.3) is 0 Å². The molecule has 0 N–H and O–H groups in total. The predicted molar refractivity (Wildman–Crippen MR) is 122 cm³/mol. The Morgan fingerprint density at radius 1 is 0.647 bits per heavy atom. The van der Waals surface area contributed by atoms with Gasteiger partial charge in [-0.05, 0) is 36.4 Å². The Morgan fingerprint density at radius 3 is 1.32 bits per heavy atom. The molecule has 0 aromatic carbocycles. The van der Waals surface area contributed by atoms with E-state index < -0.39 is 30.9 Å². The minimum absolute atomic E-state index is 0.202. The zero-order chi connectivity index (χ0) is 25.3.